The quantitative estimate of drug-likeness (QED) is 0.795. The van der Waals surface area contributed by atoms with Crippen LogP contribution < -0.4 is 5.32 Å². The molecule has 148 valence electrons. The van der Waals surface area contributed by atoms with Gasteiger partial charge in [-0.25, -0.2) is 0 Å². The fourth-order valence-corrected chi connectivity index (χ4v) is 3.91. The van der Waals surface area contributed by atoms with Gasteiger partial charge in [-0.05, 0) is 45.9 Å². The molecule has 1 aromatic rings. The van der Waals surface area contributed by atoms with Crippen molar-refractivity contribution in [1.82, 2.24) is 0 Å². The van der Waals surface area contributed by atoms with E-state index in [9.17, 15) is 4.79 Å². The summed E-state index contributed by atoms with van der Waals surface area (Å²) in [6.07, 6.45) is -3.29. The summed E-state index contributed by atoms with van der Waals surface area (Å²) in [6, 6.07) is 4.83. The van der Waals surface area contributed by atoms with Gasteiger partial charge in [-0.1, -0.05) is 23.2 Å². The fraction of sp³-hybridized carbons (Fsp3) is 0.611. The molecule has 4 rings (SSSR count). The van der Waals surface area contributed by atoms with Crippen LogP contribution in [0.4, 0.5) is 5.69 Å². The zero-order valence-electron chi connectivity index (χ0n) is 15.3. The summed E-state index contributed by atoms with van der Waals surface area (Å²) in [5.74, 6) is -2.10. The average Bonchev–Trinajstić information content (AvgIpc) is 3.04. The molecular formula is C18H21Cl2NO6. The second-order valence-corrected chi connectivity index (χ2v) is 8.52. The maximum Gasteiger partial charge on any atom is 0.256 e. The fourth-order valence-electron chi connectivity index (χ4n) is 3.61. The summed E-state index contributed by atoms with van der Waals surface area (Å²) in [5, 5.41) is 3.52. The van der Waals surface area contributed by atoms with Crippen molar-refractivity contribution in [3.05, 3.63) is 28.2 Å². The Bertz CT molecular complexity index is 770. The van der Waals surface area contributed by atoms with Crippen LogP contribution >= 0.6 is 23.2 Å². The molecule has 9 heteroatoms. The standard InChI is InChI=1S/C18H21Cl2NO6/c1-17(2)24-11-12(25-17)14-16(27-18(3,4)26-14)23-13(11)15(22)21-8-5-6-9(19)10(20)7-8/h5-7,11-14,16H,1-4H3,(H,21,22)/t11-,12+,13?,14-,16-/m1/s1. The van der Waals surface area contributed by atoms with Gasteiger partial charge in [-0.2, -0.15) is 0 Å². The summed E-state index contributed by atoms with van der Waals surface area (Å²) in [7, 11) is 0. The summed E-state index contributed by atoms with van der Waals surface area (Å²) < 4.78 is 29.6. The molecule has 3 aliphatic heterocycles. The lowest BCUT2D eigenvalue weighted by atomic mass is 9.98. The molecule has 0 aliphatic carbocycles. The number of anilines is 1. The monoisotopic (exact) mass is 417 g/mol. The van der Waals surface area contributed by atoms with Crippen molar-refractivity contribution in [2.24, 2.45) is 0 Å². The van der Waals surface area contributed by atoms with Crippen LogP contribution in [0.3, 0.4) is 0 Å². The Morgan fingerprint density at radius 3 is 2.26 bits per heavy atom. The maximum atomic E-state index is 12.9. The molecule has 3 aliphatic rings. The number of amides is 1. The molecule has 0 bridgehead atoms. The third-order valence-electron chi connectivity index (χ3n) is 4.60. The first-order chi connectivity index (χ1) is 12.5. The smallest absolute Gasteiger partial charge is 0.256 e. The van der Waals surface area contributed by atoms with Gasteiger partial charge < -0.3 is 29.0 Å². The lowest BCUT2D eigenvalue weighted by molar-refractivity contribution is -0.229. The second-order valence-electron chi connectivity index (χ2n) is 7.71. The van der Waals surface area contributed by atoms with E-state index in [0.717, 1.165) is 0 Å². The predicted molar refractivity (Wildman–Crippen MR) is 97.6 cm³/mol. The number of carbonyl (C=O) groups is 1. The third kappa shape index (κ3) is 3.70. The molecule has 0 saturated carbocycles. The molecule has 0 radical (unpaired) electrons. The highest BCUT2D eigenvalue weighted by atomic mass is 35.5. The van der Waals surface area contributed by atoms with Crippen LogP contribution in [0.1, 0.15) is 27.7 Å². The van der Waals surface area contributed by atoms with Crippen molar-refractivity contribution in [3.8, 4) is 0 Å². The van der Waals surface area contributed by atoms with Crippen molar-refractivity contribution < 1.29 is 28.5 Å². The number of halogens is 2. The zero-order valence-corrected chi connectivity index (χ0v) is 16.8. The number of hydrogen-bond acceptors (Lipinski definition) is 6. The molecule has 0 aromatic heterocycles. The van der Waals surface area contributed by atoms with E-state index in [1.807, 2.05) is 0 Å². The molecule has 3 saturated heterocycles. The van der Waals surface area contributed by atoms with Gasteiger partial charge in [0.25, 0.3) is 5.91 Å². The van der Waals surface area contributed by atoms with Gasteiger partial charge in [0.05, 0.1) is 10.0 Å². The number of fused-ring (bicyclic) bond motifs is 3. The molecular weight excluding hydrogens is 397 g/mol. The van der Waals surface area contributed by atoms with Gasteiger partial charge in [-0.3, -0.25) is 4.79 Å². The van der Waals surface area contributed by atoms with Crippen molar-refractivity contribution in [2.75, 3.05) is 5.32 Å². The Kier molecular flexibility index (Phi) is 4.71. The SMILES string of the molecule is CC1(C)O[C@H]2OC(C(=O)Nc3ccc(Cl)c(Cl)c3)[C@@H]3OC(C)(C)O[C@@H]3[C@H]2O1. The maximum absolute atomic E-state index is 12.9. The first kappa shape index (κ1) is 19.4. The first-order valence-electron chi connectivity index (χ1n) is 8.67. The minimum absolute atomic E-state index is 0.341. The second kappa shape index (κ2) is 6.56. The van der Waals surface area contributed by atoms with Gasteiger partial charge in [0.2, 0.25) is 0 Å². The van der Waals surface area contributed by atoms with Crippen LogP contribution in [0.15, 0.2) is 18.2 Å². The summed E-state index contributed by atoms with van der Waals surface area (Å²) in [6.45, 7) is 7.15. The summed E-state index contributed by atoms with van der Waals surface area (Å²) >= 11 is 11.9. The number of hydrogen-bond donors (Lipinski definition) is 1. The lowest BCUT2D eigenvalue weighted by Crippen LogP contribution is -2.58. The average molecular weight is 418 g/mol. The minimum atomic E-state index is -0.940. The molecule has 1 amide bonds. The Morgan fingerprint density at radius 1 is 0.926 bits per heavy atom. The highest BCUT2D eigenvalue weighted by Crippen LogP contribution is 2.44. The van der Waals surface area contributed by atoms with E-state index in [1.165, 1.54) is 0 Å². The molecule has 1 N–H and O–H groups in total. The topological polar surface area (TPSA) is 75.3 Å². The van der Waals surface area contributed by atoms with Crippen LogP contribution in [0.5, 0.6) is 0 Å². The Morgan fingerprint density at radius 2 is 1.56 bits per heavy atom. The zero-order chi connectivity index (χ0) is 19.6. The van der Waals surface area contributed by atoms with Gasteiger partial charge >= 0.3 is 0 Å². The normalized spacial score (nSPS) is 36.1. The lowest BCUT2D eigenvalue weighted by Gasteiger charge is -2.36. The van der Waals surface area contributed by atoms with E-state index in [4.69, 9.17) is 46.9 Å². The highest BCUT2D eigenvalue weighted by Gasteiger charge is 2.62. The van der Waals surface area contributed by atoms with E-state index >= 15 is 0 Å². The molecule has 5 atom stereocenters. The molecule has 3 heterocycles. The minimum Gasteiger partial charge on any atom is -0.342 e. The molecule has 0 spiro atoms. The van der Waals surface area contributed by atoms with Crippen LogP contribution in [-0.4, -0.2) is 48.2 Å². The molecule has 1 aromatic carbocycles. The van der Waals surface area contributed by atoms with Crippen LogP contribution in [-0.2, 0) is 28.5 Å². The van der Waals surface area contributed by atoms with Crippen molar-refractivity contribution in [2.45, 2.75) is 70.0 Å². The van der Waals surface area contributed by atoms with Gasteiger partial charge in [0, 0.05) is 5.69 Å². The Balaban J connectivity index is 1.57. The van der Waals surface area contributed by atoms with Gasteiger partial charge in [0.15, 0.2) is 24.0 Å². The van der Waals surface area contributed by atoms with Crippen molar-refractivity contribution >= 4 is 34.8 Å². The number of nitrogens with one attached hydrogen (secondary N) is 1. The predicted octanol–water partition coefficient (Wildman–Crippen LogP) is 3.33. The van der Waals surface area contributed by atoms with E-state index in [1.54, 1.807) is 45.9 Å². The van der Waals surface area contributed by atoms with Crippen molar-refractivity contribution in [3.63, 3.8) is 0 Å². The van der Waals surface area contributed by atoms with Crippen LogP contribution in [0.2, 0.25) is 10.0 Å². The largest absolute Gasteiger partial charge is 0.342 e. The number of carbonyl (C=O) groups excluding carboxylic acids is 1. The summed E-state index contributed by atoms with van der Waals surface area (Å²) in [5.41, 5.74) is 0.499. The molecule has 7 nitrogen and oxygen atoms in total. The first-order valence-corrected chi connectivity index (χ1v) is 9.43. The van der Waals surface area contributed by atoms with E-state index in [-0.39, 0.29) is 0 Å². The van der Waals surface area contributed by atoms with E-state index in [2.05, 4.69) is 5.32 Å². The Labute approximate surface area is 167 Å². The number of ether oxygens (including phenoxy) is 5. The third-order valence-corrected chi connectivity index (χ3v) is 5.34. The van der Waals surface area contributed by atoms with Gasteiger partial charge in [-0.15, -0.1) is 0 Å². The number of benzene rings is 1. The van der Waals surface area contributed by atoms with Gasteiger partial charge in [0.1, 0.15) is 18.3 Å². The molecule has 1 unspecified atom stereocenters. The van der Waals surface area contributed by atoms with Crippen LogP contribution in [0.25, 0.3) is 0 Å². The van der Waals surface area contributed by atoms with Crippen LogP contribution in [0, 0.1) is 0 Å². The highest BCUT2D eigenvalue weighted by molar-refractivity contribution is 6.42. The number of rotatable bonds is 2. The molecule has 3 fully saturated rings. The summed E-state index contributed by atoms with van der Waals surface area (Å²) in [4.78, 5) is 12.9. The van der Waals surface area contributed by atoms with Crippen molar-refractivity contribution in [1.29, 1.82) is 0 Å². The molecule has 27 heavy (non-hydrogen) atoms. The van der Waals surface area contributed by atoms with E-state index < -0.39 is 48.2 Å². The Hall–Kier alpha value is -0.930. The van der Waals surface area contributed by atoms with E-state index in [0.29, 0.717) is 15.7 Å².